The molecular weight excluding hydrogens is 997 g/mol. The molecule has 80 heavy (non-hydrogen) atoms. The van der Waals surface area contributed by atoms with E-state index in [-0.39, 0.29) is 49.1 Å². The zero-order valence-corrected chi connectivity index (χ0v) is 52.0. The van der Waals surface area contributed by atoms with E-state index >= 15 is 0 Å². The van der Waals surface area contributed by atoms with Crippen molar-refractivity contribution in [2.75, 3.05) is 13.2 Å². The van der Waals surface area contributed by atoms with E-state index in [1.807, 2.05) is 0 Å². The highest BCUT2D eigenvalue weighted by atomic mass is 16.6. The molecule has 0 aromatic heterocycles. The molecule has 0 aromatic rings. The first-order chi connectivity index (χ1) is 38.1. The zero-order valence-electron chi connectivity index (χ0n) is 52.0. The summed E-state index contributed by atoms with van der Waals surface area (Å²) < 4.78 is 22.6. The molecule has 0 radical (unpaired) electrons. The summed E-state index contributed by atoms with van der Waals surface area (Å²) in [6.45, 7) is 28.1. The molecule has 6 saturated carbocycles. The zero-order chi connectivity index (χ0) is 57.6. The maximum Gasteiger partial charge on any atom is 0.407 e. The number of nitrogens with one attached hydrogen (secondary N) is 2. The smallest absolute Gasteiger partial charge is 0.407 e. The molecule has 10 heteroatoms. The van der Waals surface area contributed by atoms with Gasteiger partial charge in [0.2, 0.25) is 0 Å². The van der Waals surface area contributed by atoms with Crippen LogP contribution in [0.5, 0.6) is 0 Å². The molecule has 0 aromatic carbocycles. The monoisotopic (exact) mass is 1100 g/mol. The molecule has 2 amide bonds. The van der Waals surface area contributed by atoms with Crippen LogP contribution in [0.1, 0.15) is 237 Å². The summed E-state index contributed by atoms with van der Waals surface area (Å²) in [7, 11) is 0. The number of allylic oxidation sites excluding steroid dienone is 2. The summed E-state index contributed by atoms with van der Waals surface area (Å²) >= 11 is 0. The molecule has 0 heterocycles. The van der Waals surface area contributed by atoms with E-state index in [1.165, 1.54) is 101 Å². The van der Waals surface area contributed by atoms with Crippen LogP contribution in [0.25, 0.3) is 0 Å². The van der Waals surface area contributed by atoms with Crippen LogP contribution in [0, 0.1) is 116 Å². The van der Waals surface area contributed by atoms with Crippen LogP contribution in [0.15, 0.2) is 23.3 Å². The first-order valence-corrected chi connectivity index (χ1v) is 32.7. The van der Waals surface area contributed by atoms with Crippen LogP contribution < -0.4 is 10.6 Å². The van der Waals surface area contributed by atoms with Gasteiger partial charge in [0.05, 0.1) is 0 Å². The van der Waals surface area contributed by atoms with E-state index in [1.54, 1.807) is 13.8 Å². The van der Waals surface area contributed by atoms with Crippen molar-refractivity contribution in [3.63, 3.8) is 0 Å². The van der Waals surface area contributed by atoms with Gasteiger partial charge in [-0.3, -0.25) is 0 Å². The van der Waals surface area contributed by atoms with Crippen molar-refractivity contribution in [3.05, 3.63) is 23.3 Å². The molecule has 0 spiro atoms. The highest BCUT2D eigenvalue weighted by Crippen LogP contribution is 2.69. The van der Waals surface area contributed by atoms with Gasteiger partial charge in [-0.1, -0.05) is 143 Å². The molecule has 8 aliphatic rings. The lowest BCUT2D eigenvalue weighted by atomic mass is 9.47. The second-order valence-electron chi connectivity index (χ2n) is 29.3. The predicted molar refractivity (Wildman–Crippen MR) is 319 cm³/mol. The second kappa shape index (κ2) is 26.8. The average Bonchev–Trinajstić information content (AvgIpc) is 4.03. The third kappa shape index (κ3) is 13.8. The van der Waals surface area contributed by atoms with Gasteiger partial charge in [-0.05, 0) is 208 Å². The molecule has 18 atom stereocenters. The standard InChI is InChI=1S/C70H108N2O8/c1-45(2)21-19-23-47(5)57-29-31-59-55-27-25-51-43-53(33-37-67(51,9)61(55)35-39-69(57,59)11)79-63(73)49(7)71-65(75)77-41-17-15-13-14-16-18-42-78-66(76)72-50(8)64(74)80-54-34-38-68(10)52(44-54)26-28-56-60-32-30-58(48(6)24-20-22-46(3)4)70(60,12)40-36-62(56)68/h25-26,45-50,53-62H,17-24,27-44H2,1-12H3,(H,71,75)(H,72,76)/t47-,48-,49-,50-,53+,54+,55+,56+,57-,58-,59+,60+,61+,62+,67+,68+,69-,70-/m1/s1. The Labute approximate surface area is 485 Å². The van der Waals surface area contributed by atoms with E-state index < -0.39 is 36.2 Å². The van der Waals surface area contributed by atoms with Gasteiger partial charge in [-0.15, -0.1) is 0 Å². The number of rotatable bonds is 20. The summed E-state index contributed by atoms with van der Waals surface area (Å²) in [6.07, 6.45) is 30.5. The van der Waals surface area contributed by atoms with Crippen LogP contribution in [0.3, 0.4) is 0 Å². The number of carbonyl (C=O) groups is 4. The Morgan fingerprint density at radius 1 is 0.525 bits per heavy atom. The van der Waals surface area contributed by atoms with Crippen LogP contribution >= 0.6 is 0 Å². The molecule has 0 bridgehead atoms. The quantitative estimate of drug-likeness (QED) is 0.0405. The summed E-state index contributed by atoms with van der Waals surface area (Å²) in [5.74, 6) is 19.7. The molecule has 8 rings (SSSR count). The van der Waals surface area contributed by atoms with Crippen molar-refractivity contribution < 1.29 is 38.1 Å². The lowest BCUT2D eigenvalue weighted by molar-refractivity contribution is -0.154. The largest absolute Gasteiger partial charge is 0.461 e. The van der Waals surface area contributed by atoms with Crippen LogP contribution in [-0.2, 0) is 28.5 Å². The van der Waals surface area contributed by atoms with Crippen molar-refractivity contribution in [2.45, 2.75) is 261 Å². The summed E-state index contributed by atoms with van der Waals surface area (Å²) in [5, 5.41) is 5.25. The van der Waals surface area contributed by atoms with Gasteiger partial charge in [0, 0.05) is 25.7 Å². The predicted octanol–water partition coefficient (Wildman–Crippen LogP) is 15.9. The van der Waals surface area contributed by atoms with Gasteiger partial charge in [0.1, 0.15) is 37.5 Å². The van der Waals surface area contributed by atoms with Gasteiger partial charge >= 0.3 is 24.1 Å². The molecule has 8 aliphatic carbocycles. The van der Waals surface area contributed by atoms with Gasteiger partial charge < -0.3 is 29.6 Å². The summed E-state index contributed by atoms with van der Waals surface area (Å²) in [4.78, 5) is 51.6. The van der Waals surface area contributed by atoms with Crippen molar-refractivity contribution in [3.8, 4) is 23.7 Å². The summed E-state index contributed by atoms with van der Waals surface area (Å²) in [6, 6.07) is -1.68. The first-order valence-electron chi connectivity index (χ1n) is 32.7. The minimum atomic E-state index is -0.841. The van der Waals surface area contributed by atoms with E-state index in [2.05, 4.69) is 116 Å². The Bertz CT molecular complexity index is 2210. The number of amides is 2. The van der Waals surface area contributed by atoms with Crippen LogP contribution in [0.4, 0.5) is 9.59 Å². The van der Waals surface area contributed by atoms with Crippen LogP contribution in [0.2, 0.25) is 0 Å². The molecular formula is C70H108N2O8. The van der Waals surface area contributed by atoms with E-state index in [4.69, 9.17) is 18.9 Å². The minimum absolute atomic E-state index is 0.0410. The number of carbonyl (C=O) groups excluding carboxylic acids is 4. The Kier molecular flexibility index (Phi) is 20.8. The van der Waals surface area contributed by atoms with Crippen LogP contribution in [-0.4, -0.2) is 61.6 Å². The van der Waals surface area contributed by atoms with Gasteiger partial charge in [-0.25, -0.2) is 19.2 Å². The van der Waals surface area contributed by atoms with Gasteiger partial charge in [-0.2, -0.15) is 0 Å². The minimum Gasteiger partial charge on any atom is -0.461 e. The molecule has 10 nitrogen and oxygen atoms in total. The number of esters is 2. The third-order valence-corrected chi connectivity index (χ3v) is 23.6. The lowest BCUT2D eigenvalue weighted by Crippen LogP contribution is -2.51. The topological polar surface area (TPSA) is 129 Å². The number of ether oxygens (including phenoxy) is 4. The van der Waals surface area contributed by atoms with E-state index in [0.29, 0.717) is 22.7 Å². The number of fused-ring (bicyclic) bond motifs is 10. The Balaban J connectivity index is 0.673. The molecule has 0 unspecified atom stereocenters. The van der Waals surface area contributed by atoms with Crippen molar-refractivity contribution in [1.82, 2.24) is 10.6 Å². The fourth-order valence-corrected chi connectivity index (χ4v) is 19.2. The first kappa shape index (κ1) is 62.1. The highest BCUT2D eigenvalue weighted by Gasteiger charge is 2.61. The Hall–Kier alpha value is -3.92. The van der Waals surface area contributed by atoms with Gasteiger partial charge in [0.15, 0.2) is 0 Å². The van der Waals surface area contributed by atoms with E-state index in [9.17, 15) is 19.2 Å². The molecule has 2 N–H and O–H groups in total. The van der Waals surface area contributed by atoms with Crippen molar-refractivity contribution >= 4 is 24.1 Å². The van der Waals surface area contributed by atoms with Gasteiger partial charge in [0.25, 0.3) is 0 Å². The normalized spacial score (nSPS) is 36.3. The second-order valence-corrected chi connectivity index (χ2v) is 29.3. The molecule has 6 fully saturated rings. The molecule has 0 aliphatic heterocycles. The summed E-state index contributed by atoms with van der Waals surface area (Å²) in [5.41, 5.74) is 4.21. The molecule has 446 valence electrons. The highest BCUT2D eigenvalue weighted by molar-refractivity contribution is 5.81. The molecule has 0 saturated heterocycles. The fourth-order valence-electron chi connectivity index (χ4n) is 19.2. The maximum atomic E-state index is 13.2. The number of hydrogen-bond donors (Lipinski definition) is 2. The number of hydrogen-bond acceptors (Lipinski definition) is 8. The maximum absolute atomic E-state index is 13.2. The number of alkyl carbamates (subject to hydrolysis) is 2. The lowest BCUT2D eigenvalue weighted by Gasteiger charge is -2.58. The van der Waals surface area contributed by atoms with Crippen molar-refractivity contribution in [2.24, 2.45) is 92.7 Å². The van der Waals surface area contributed by atoms with E-state index in [0.717, 1.165) is 111 Å². The SMILES string of the molecule is CC(C)CCC[C@@H](C)[C@H]1CC[C@H]2[C@@H]3CC=C4C[C@@H](OC(=O)[C@@H](C)NC(=O)OCCC#CC#CCCOC(=O)N[C@H](C)C(=O)O[C@H]5CC[C@@]6(C)C(=CC[C@H]7[C@@H]8CC[C@H]([C@H](C)CCCC(C)C)[C@@]8(C)CC[C@@H]76)C5)CC[C@]4(C)[C@H]3CC[C@]12C. The third-order valence-electron chi connectivity index (χ3n) is 23.6. The Morgan fingerprint density at radius 3 is 1.31 bits per heavy atom. The Morgan fingerprint density at radius 2 is 0.925 bits per heavy atom. The fraction of sp³-hybridized carbons (Fsp3) is 0.829. The van der Waals surface area contributed by atoms with Crippen molar-refractivity contribution in [1.29, 1.82) is 0 Å². The average molecular weight is 1110 g/mol.